The lowest BCUT2D eigenvalue weighted by molar-refractivity contribution is -0.138. The number of piperidine rings is 1. The summed E-state index contributed by atoms with van der Waals surface area (Å²) >= 11 is 1.73. The monoisotopic (exact) mass is 427 g/mol. The number of sulfonamides is 1. The van der Waals surface area contributed by atoms with Crippen molar-refractivity contribution in [3.05, 3.63) is 21.9 Å². The van der Waals surface area contributed by atoms with Crippen molar-refractivity contribution in [2.24, 2.45) is 5.92 Å². The van der Waals surface area contributed by atoms with Gasteiger partial charge in [0.1, 0.15) is 6.04 Å². The number of carbonyl (C=O) groups excluding carboxylic acids is 2. The van der Waals surface area contributed by atoms with Gasteiger partial charge in [-0.1, -0.05) is 13.3 Å². The molecule has 2 aliphatic rings. The van der Waals surface area contributed by atoms with E-state index in [1.54, 1.807) is 11.3 Å². The molecule has 1 aromatic heterocycles. The molecule has 1 unspecified atom stereocenters. The number of thiophene rings is 1. The number of nitrogens with zero attached hydrogens (tertiary/aromatic N) is 2. The first-order chi connectivity index (χ1) is 13.3. The third kappa shape index (κ3) is 4.93. The summed E-state index contributed by atoms with van der Waals surface area (Å²) in [6.07, 6.45) is 4.47. The first-order valence-corrected chi connectivity index (χ1v) is 12.6. The Morgan fingerprint density at radius 3 is 2.64 bits per heavy atom. The van der Waals surface area contributed by atoms with Crippen molar-refractivity contribution in [1.82, 2.24) is 14.5 Å². The highest BCUT2D eigenvalue weighted by atomic mass is 32.2. The van der Waals surface area contributed by atoms with Crippen LogP contribution in [0.2, 0.25) is 0 Å². The molecule has 28 heavy (non-hydrogen) atoms. The Labute approximate surface area is 171 Å². The van der Waals surface area contributed by atoms with Crippen LogP contribution in [0, 0.1) is 5.92 Å². The second-order valence-corrected chi connectivity index (χ2v) is 10.6. The third-order valence-corrected chi connectivity index (χ3v) is 7.93. The van der Waals surface area contributed by atoms with E-state index in [0.717, 1.165) is 12.8 Å². The summed E-state index contributed by atoms with van der Waals surface area (Å²) in [6, 6.07) is 1.56. The number of nitrogens with one attached hydrogen (secondary N) is 1. The van der Waals surface area contributed by atoms with Gasteiger partial charge in [-0.15, -0.1) is 11.3 Å². The predicted octanol–water partition coefficient (Wildman–Crippen LogP) is 1.59. The van der Waals surface area contributed by atoms with Gasteiger partial charge in [0.25, 0.3) is 0 Å². The molecule has 1 aromatic rings. The summed E-state index contributed by atoms with van der Waals surface area (Å²) in [5, 5.41) is 5.02. The highest BCUT2D eigenvalue weighted by molar-refractivity contribution is 7.88. The Balaban J connectivity index is 1.58. The van der Waals surface area contributed by atoms with Crippen molar-refractivity contribution < 1.29 is 18.0 Å². The number of amides is 2. The van der Waals surface area contributed by atoms with Crippen LogP contribution in [0.1, 0.15) is 43.0 Å². The maximum absolute atomic E-state index is 13.0. The van der Waals surface area contributed by atoms with Gasteiger partial charge >= 0.3 is 0 Å². The van der Waals surface area contributed by atoms with Crippen molar-refractivity contribution in [3.8, 4) is 0 Å². The molecular formula is C19H29N3O4S2. The minimum atomic E-state index is -3.21. The quantitative estimate of drug-likeness (QED) is 0.747. The maximum Gasteiger partial charge on any atom is 0.245 e. The molecule has 2 amide bonds. The minimum absolute atomic E-state index is 0.0133. The van der Waals surface area contributed by atoms with Crippen LogP contribution in [-0.2, 0) is 32.6 Å². The van der Waals surface area contributed by atoms with Crippen LogP contribution in [-0.4, -0.2) is 61.4 Å². The Morgan fingerprint density at radius 1 is 1.29 bits per heavy atom. The molecule has 7 nitrogen and oxygen atoms in total. The Morgan fingerprint density at radius 2 is 2.00 bits per heavy atom. The lowest BCUT2D eigenvalue weighted by Crippen LogP contribution is -2.52. The molecule has 9 heteroatoms. The summed E-state index contributed by atoms with van der Waals surface area (Å²) < 4.78 is 24.7. The number of fused-ring (bicyclic) bond motifs is 1. The minimum Gasteiger partial charge on any atom is -0.344 e. The zero-order valence-electron chi connectivity index (χ0n) is 16.5. The van der Waals surface area contributed by atoms with Crippen LogP contribution in [0.25, 0.3) is 0 Å². The Kier molecular flexibility index (Phi) is 6.77. The average molecular weight is 428 g/mol. The summed E-state index contributed by atoms with van der Waals surface area (Å²) in [5.41, 5.74) is 1.21. The molecule has 0 aliphatic carbocycles. The van der Waals surface area contributed by atoms with Crippen molar-refractivity contribution in [3.63, 3.8) is 0 Å². The van der Waals surface area contributed by atoms with Crippen LogP contribution in [0.15, 0.2) is 11.4 Å². The van der Waals surface area contributed by atoms with Gasteiger partial charge in [-0.2, -0.15) is 0 Å². The van der Waals surface area contributed by atoms with E-state index < -0.39 is 16.1 Å². The summed E-state index contributed by atoms with van der Waals surface area (Å²) in [5.74, 6) is -0.385. The first-order valence-electron chi connectivity index (χ1n) is 9.89. The van der Waals surface area contributed by atoms with Crippen LogP contribution < -0.4 is 5.32 Å². The van der Waals surface area contributed by atoms with Crippen LogP contribution >= 0.6 is 11.3 Å². The van der Waals surface area contributed by atoms with Crippen LogP contribution in [0.3, 0.4) is 0 Å². The molecule has 1 fully saturated rings. The average Bonchev–Trinajstić information content (AvgIpc) is 3.14. The third-order valence-electron chi connectivity index (χ3n) is 5.61. The first kappa shape index (κ1) is 21.3. The Bertz CT molecular complexity index is 813. The predicted molar refractivity (Wildman–Crippen MR) is 109 cm³/mol. The standard InChI is InChI=1S/C19H29N3O4S2/c1-3-4-16(19(24)21-9-7-17-15(13-21)8-12-27-17)20-18(23)14-5-10-22(11-6-14)28(2,25)26/h8,12,14,16H,3-7,9-11,13H2,1-2H3,(H,20,23). The normalized spacial score (nSPS) is 19.9. The fourth-order valence-corrected chi connectivity index (χ4v) is 5.71. The highest BCUT2D eigenvalue weighted by Crippen LogP contribution is 2.25. The molecular weight excluding hydrogens is 398 g/mol. The molecule has 0 bridgehead atoms. The number of rotatable bonds is 6. The molecule has 1 saturated heterocycles. The molecule has 2 aliphatic heterocycles. The van der Waals surface area contributed by atoms with Crippen molar-refractivity contribution in [2.75, 3.05) is 25.9 Å². The maximum atomic E-state index is 13.0. The van der Waals surface area contributed by atoms with Crippen molar-refractivity contribution in [2.45, 2.75) is 51.6 Å². The van der Waals surface area contributed by atoms with Gasteiger partial charge in [-0.25, -0.2) is 12.7 Å². The molecule has 0 radical (unpaired) electrons. The summed E-state index contributed by atoms with van der Waals surface area (Å²) in [6.45, 7) is 4.02. The van der Waals surface area contributed by atoms with Crippen LogP contribution in [0.4, 0.5) is 0 Å². The van der Waals surface area contributed by atoms with Crippen LogP contribution in [0.5, 0.6) is 0 Å². The summed E-state index contributed by atoms with van der Waals surface area (Å²) in [4.78, 5) is 29.0. The van der Waals surface area contributed by atoms with E-state index in [0.29, 0.717) is 45.4 Å². The molecule has 3 heterocycles. The highest BCUT2D eigenvalue weighted by Gasteiger charge is 2.33. The molecule has 0 spiro atoms. The van der Waals surface area contributed by atoms with Crippen molar-refractivity contribution in [1.29, 1.82) is 0 Å². The number of hydrogen-bond donors (Lipinski definition) is 1. The van der Waals surface area contributed by atoms with E-state index in [2.05, 4.69) is 16.8 Å². The molecule has 0 aromatic carbocycles. The zero-order chi connectivity index (χ0) is 20.3. The second-order valence-electron chi connectivity index (χ2n) is 7.66. The second kappa shape index (κ2) is 8.92. The zero-order valence-corrected chi connectivity index (χ0v) is 18.2. The molecule has 156 valence electrons. The van der Waals surface area contributed by atoms with Gasteiger partial charge in [0.2, 0.25) is 21.8 Å². The Hall–Kier alpha value is -1.45. The molecule has 1 N–H and O–H groups in total. The lowest BCUT2D eigenvalue weighted by atomic mass is 9.96. The number of hydrogen-bond acceptors (Lipinski definition) is 5. The van der Waals surface area contributed by atoms with Gasteiger partial charge in [0.05, 0.1) is 6.26 Å². The SMILES string of the molecule is CCCC(NC(=O)C1CCN(S(C)(=O)=O)CC1)C(=O)N1CCc2sccc2C1. The van der Waals surface area contributed by atoms with E-state index >= 15 is 0 Å². The van der Waals surface area contributed by atoms with E-state index in [4.69, 9.17) is 0 Å². The van der Waals surface area contributed by atoms with E-state index in [1.807, 2.05) is 11.8 Å². The van der Waals surface area contributed by atoms with Gasteiger partial charge in [-0.3, -0.25) is 9.59 Å². The number of carbonyl (C=O) groups is 2. The smallest absolute Gasteiger partial charge is 0.245 e. The molecule has 1 atom stereocenters. The lowest BCUT2D eigenvalue weighted by Gasteiger charge is -2.33. The fourth-order valence-electron chi connectivity index (χ4n) is 3.94. The fraction of sp³-hybridized carbons (Fsp3) is 0.684. The van der Waals surface area contributed by atoms with Gasteiger partial charge < -0.3 is 10.2 Å². The van der Waals surface area contributed by atoms with Crippen molar-refractivity contribution >= 4 is 33.2 Å². The van der Waals surface area contributed by atoms with E-state index in [9.17, 15) is 18.0 Å². The van der Waals surface area contributed by atoms with E-state index in [1.165, 1.54) is 21.0 Å². The van der Waals surface area contributed by atoms with Gasteiger partial charge in [0.15, 0.2) is 0 Å². The molecule has 0 saturated carbocycles. The topological polar surface area (TPSA) is 86.8 Å². The largest absolute Gasteiger partial charge is 0.344 e. The molecule has 3 rings (SSSR count). The summed E-state index contributed by atoms with van der Waals surface area (Å²) in [7, 11) is -3.21. The van der Waals surface area contributed by atoms with E-state index in [-0.39, 0.29) is 17.7 Å². The van der Waals surface area contributed by atoms with Gasteiger partial charge in [-0.05, 0) is 42.7 Å². The van der Waals surface area contributed by atoms with Gasteiger partial charge in [0, 0.05) is 37.0 Å².